The fourth-order valence-electron chi connectivity index (χ4n) is 1.38. The Morgan fingerprint density at radius 1 is 1.43 bits per heavy atom. The Morgan fingerprint density at radius 3 is 2.71 bits per heavy atom. The van der Waals surface area contributed by atoms with Crippen LogP contribution in [0, 0.1) is 0 Å². The second-order valence-corrected chi connectivity index (χ2v) is 4.84. The summed E-state index contributed by atoms with van der Waals surface area (Å²) in [6.45, 7) is 0. The standard InChI is InChI=1S/C10H10ClNOS/c1-12-6-2-3-7(12)10(13)8-4-5-9(11)14-8/h2-6,10,13H,1H3/t10-/m0/s1. The van der Waals surface area contributed by atoms with Crippen molar-refractivity contribution < 1.29 is 5.11 Å². The molecular formula is C10H10ClNOS. The predicted octanol–water partition coefficient (Wildman–Crippen LogP) is 2.82. The van der Waals surface area contributed by atoms with Gasteiger partial charge < -0.3 is 9.67 Å². The van der Waals surface area contributed by atoms with E-state index in [1.165, 1.54) is 11.3 Å². The largest absolute Gasteiger partial charge is 0.381 e. The van der Waals surface area contributed by atoms with Crippen molar-refractivity contribution in [3.63, 3.8) is 0 Å². The summed E-state index contributed by atoms with van der Waals surface area (Å²) in [4.78, 5) is 0.872. The highest BCUT2D eigenvalue weighted by Gasteiger charge is 2.14. The number of rotatable bonds is 2. The minimum absolute atomic E-state index is 0.576. The zero-order chi connectivity index (χ0) is 10.1. The van der Waals surface area contributed by atoms with Crippen molar-refractivity contribution >= 4 is 22.9 Å². The van der Waals surface area contributed by atoms with Crippen molar-refractivity contribution in [1.29, 1.82) is 0 Å². The fourth-order valence-corrected chi connectivity index (χ4v) is 2.44. The van der Waals surface area contributed by atoms with Gasteiger partial charge in [-0.15, -0.1) is 11.3 Å². The van der Waals surface area contributed by atoms with Crippen LogP contribution >= 0.6 is 22.9 Å². The molecule has 0 bridgehead atoms. The van der Waals surface area contributed by atoms with E-state index in [9.17, 15) is 5.11 Å². The molecule has 2 nitrogen and oxygen atoms in total. The normalized spacial score (nSPS) is 13.1. The van der Waals surface area contributed by atoms with Crippen LogP contribution in [0.5, 0.6) is 0 Å². The van der Waals surface area contributed by atoms with Gasteiger partial charge in [0.05, 0.1) is 10.0 Å². The van der Waals surface area contributed by atoms with Crippen molar-refractivity contribution in [2.24, 2.45) is 7.05 Å². The molecule has 2 aromatic heterocycles. The molecule has 1 atom stereocenters. The monoisotopic (exact) mass is 227 g/mol. The van der Waals surface area contributed by atoms with Crippen LogP contribution in [0.4, 0.5) is 0 Å². The fraction of sp³-hybridized carbons (Fsp3) is 0.200. The molecule has 0 fully saturated rings. The van der Waals surface area contributed by atoms with Crippen LogP contribution in [0.2, 0.25) is 4.34 Å². The van der Waals surface area contributed by atoms with Gasteiger partial charge in [0.2, 0.25) is 0 Å². The lowest BCUT2D eigenvalue weighted by molar-refractivity contribution is 0.215. The lowest BCUT2D eigenvalue weighted by Gasteiger charge is -2.09. The zero-order valence-corrected chi connectivity index (χ0v) is 9.22. The summed E-state index contributed by atoms with van der Waals surface area (Å²) in [5.74, 6) is 0. The van der Waals surface area contributed by atoms with E-state index in [0.717, 1.165) is 10.6 Å². The van der Waals surface area contributed by atoms with E-state index >= 15 is 0 Å². The van der Waals surface area contributed by atoms with Gasteiger partial charge in [-0.3, -0.25) is 0 Å². The molecule has 0 unspecified atom stereocenters. The van der Waals surface area contributed by atoms with Crippen molar-refractivity contribution in [3.05, 3.63) is 45.4 Å². The van der Waals surface area contributed by atoms with Crippen LogP contribution in [-0.2, 0) is 7.05 Å². The number of thiophene rings is 1. The van der Waals surface area contributed by atoms with Gasteiger partial charge in [-0.05, 0) is 24.3 Å². The number of aliphatic hydroxyl groups excluding tert-OH is 1. The minimum atomic E-state index is -0.576. The second-order valence-electron chi connectivity index (χ2n) is 3.09. The van der Waals surface area contributed by atoms with Gasteiger partial charge in [-0.2, -0.15) is 0 Å². The molecule has 0 aliphatic heterocycles. The summed E-state index contributed by atoms with van der Waals surface area (Å²) in [6, 6.07) is 7.46. The maximum atomic E-state index is 10.0. The molecule has 0 amide bonds. The van der Waals surface area contributed by atoms with Gasteiger partial charge in [0.1, 0.15) is 6.10 Å². The van der Waals surface area contributed by atoms with Gasteiger partial charge in [0, 0.05) is 18.1 Å². The van der Waals surface area contributed by atoms with Crippen LogP contribution in [0.1, 0.15) is 16.7 Å². The summed E-state index contributed by atoms with van der Waals surface area (Å²) < 4.78 is 2.60. The average Bonchev–Trinajstić information content (AvgIpc) is 2.73. The Kier molecular flexibility index (Phi) is 2.63. The number of nitrogens with zero attached hydrogens (tertiary/aromatic N) is 1. The maximum Gasteiger partial charge on any atom is 0.128 e. The zero-order valence-electron chi connectivity index (χ0n) is 7.64. The quantitative estimate of drug-likeness (QED) is 0.839. The maximum absolute atomic E-state index is 10.0. The third-order valence-electron chi connectivity index (χ3n) is 2.13. The third kappa shape index (κ3) is 1.71. The first-order chi connectivity index (χ1) is 6.68. The lowest BCUT2D eigenvalue weighted by Crippen LogP contribution is -2.02. The third-order valence-corrected chi connectivity index (χ3v) is 3.41. The number of aryl methyl sites for hydroxylation is 1. The van der Waals surface area contributed by atoms with Gasteiger partial charge in [0.25, 0.3) is 0 Å². The number of hydrogen-bond acceptors (Lipinski definition) is 2. The summed E-state index contributed by atoms with van der Waals surface area (Å²) in [7, 11) is 1.91. The number of hydrogen-bond donors (Lipinski definition) is 1. The Bertz CT molecular complexity index is 435. The molecule has 14 heavy (non-hydrogen) atoms. The molecule has 0 spiro atoms. The number of halogens is 1. The van der Waals surface area contributed by atoms with Crippen LogP contribution in [0.15, 0.2) is 30.5 Å². The molecule has 0 saturated heterocycles. The van der Waals surface area contributed by atoms with Crippen LogP contribution < -0.4 is 0 Å². The van der Waals surface area contributed by atoms with Gasteiger partial charge >= 0.3 is 0 Å². The molecule has 0 aliphatic rings. The molecule has 74 valence electrons. The lowest BCUT2D eigenvalue weighted by atomic mass is 10.2. The Balaban J connectivity index is 2.33. The summed E-state index contributed by atoms with van der Waals surface area (Å²) in [5.41, 5.74) is 0.878. The predicted molar refractivity (Wildman–Crippen MR) is 58.8 cm³/mol. The van der Waals surface area contributed by atoms with E-state index < -0.39 is 6.10 Å². The SMILES string of the molecule is Cn1cccc1[C@H](O)c1ccc(Cl)s1. The van der Waals surface area contributed by atoms with Crippen molar-refractivity contribution in [3.8, 4) is 0 Å². The minimum Gasteiger partial charge on any atom is -0.381 e. The van der Waals surface area contributed by atoms with E-state index in [0.29, 0.717) is 4.34 Å². The smallest absolute Gasteiger partial charge is 0.128 e. The van der Waals surface area contributed by atoms with Gasteiger partial charge in [-0.25, -0.2) is 0 Å². The highest BCUT2D eigenvalue weighted by molar-refractivity contribution is 7.16. The number of aromatic nitrogens is 1. The molecule has 2 heterocycles. The number of aliphatic hydroxyl groups is 1. The highest BCUT2D eigenvalue weighted by atomic mass is 35.5. The molecule has 0 radical (unpaired) electrons. The van der Waals surface area contributed by atoms with Gasteiger partial charge in [0.15, 0.2) is 0 Å². The molecule has 0 aliphatic carbocycles. The van der Waals surface area contributed by atoms with Crippen molar-refractivity contribution in [2.75, 3.05) is 0 Å². The first-order valence-corrected chi connectivity index (χ1v) is 5.42. The summed E-state index contributed by atoms with van der Waals surface area (Å²) in [6.07, 6.45) is 1.33. The topological polar surface area (TPSA) is 25.2 Å². The molecular weight excluding hydrogens is 218 g/mol. The van der Waals surface area contributed by atoms with E-state index in [4.69, 9.17) is 11.6 Å². The highest BCUT2D eigenvalue weighted by Crippen LogP contribution is 2.30. The molecule has 0 saturated carbocycles. The van der Waals surface area contributed by atoms with Crippen molar-refractivity contribution in [2.45, 2.75) is 6.10 Å². The van der Waals surface area contributed by atoms with Crippen LogP contribution in [-0.4, -0.2) is 9.67 Å². The average molecular weight is 228 g/mol. The second kappa shape index (κ2) is 3.77. The molecule has 2 rings (SSSR count). The summed E-state index contributed by atoms with van der Waals surface area (Å²) >= 11 is 7.21. The summed E-state index contributed by atoms with van der Waals surface area (Å²) in [5, 5.41) is 10.0. The molecule has 4 heteroatoms. The Labute approximate surface area is 91.4 Å². The molecule has 0 aromatic carbocycles. The van der Waals surface area contributed by atoms with E-state index in [1.807, 2.05) is 36.0 Å². The first kappa shape index (κ1) is 9.77. The van der Waals surface area contributed by atoms with Crippen molar-refractivity contribution in [1.82, 2.24) is 4.57 Å². The molecule has 2 aromatic rings. The molecule has 1 N–H and O–H groups in total. The Hall–Kier alpha value is -0.770. The van der Waals surface area contributed by atoms with E-state index in [2.05, 4.69) is 0 Å². The van der Waals surface area contributed by atoms with Gasteiger partial charge in [-0.1, -0.05) is 11.6 Å². The Morgan fingerprint density at radius 2 is 2.21 bits per heavy atom. The first-order valence-electron chi connectivity index (χ1n) is 4.23. The van der Waals surface area contributed by atoms with E-state index in [-0.39, 0.29) is 0 Å². The van der Waals surface area contributed by atoms with Crippen LogP contribution in [0.3, 0.4) is 0 Å². The van der Waals surface area contributed by atoms with E-state index in [1.54, 1.807) is 6.07 Å². The van der Waals surface area contributed by atoms with Crippen LogP contribution in [0.25, 0.3) is 0 Å².